The first-order chi connectivity index (χ1) is 8.44. The number of carbonyl (C=O) groups excluding carboxylic acids is 1. The van der Waals surface area contributed by atoms with E-state index in [-0.39, 0.29) is 0 Å². The Hall–Kier alpha value is -1.32. The van der Waals surface area contributed by atoms with Crippen molar-refractivity contribution in [1.29, 1.82) is 0 Å². The Morgan fingerprint density at radius 2 is 1.67 bits per heavy atom. The zero-order chi connectivity index (χ0) is 13.2. The normalized spacial score (nSPS) is 18.8. The first-order valence-electron chi connectivity index (χ1n) is 6.10. The van der Waals surface area contributed by atoms with E-state index in [1.165, 1.54) is 0 Å². The summed E-state index contributed by atoms with van der Waals surface area (Å²) < 4.78 is 37.3. The van der Waals surface area contributed by atoms with Gasteiger partial charge in [0.25, 0.3) is 0 Å². The lowest BCUT2D eigenvalue weighted by Crippen LogP contribution is -2.33. The van der Waals surface area contributed by atoms with Gasteiger partial charge < -0.3 is 0 Å². The summed E-state index contributed by atoms with van der Waals surface area (Å²) >= 11 is 0. The Morgan fingerprint density at radius 1 is 1.11 bits per heavy atom. The van der Waals surface area contributed by atoms with Crippen molar-refractivity contribution in [3.05, 3.63) is 35.9 Å². The van der Waals surface area contributed by atoms with Crippen molar-refractivity contribution < 1.29 is 18.0 Å². The molecule has 98 valence electrons. The van der Waals surface area contributed by atoms with Crippen LogP contribution in [0, 0.1) is 0 Å². The summed E-state index contributed by atoms with van der Waals surface area (Å²) in [4.78, 5) is 11.3. The average molecular weight is 256 g/mol. The lowest BCUT2D eigenvalue weighted by Gasteiger charge is -2.29. The van der Waals surface area contributed by atoms with Crippen molar-refractivity contribution in [2.45, 2.75) is 43.7 Å². The summed E-state index contributed by atoms with van der Waals surface area (Å²) in [7, 11) is 0. The Kier molecular flexibility index (Phi) is 3.46. The molecule has 0 aliphatic heterocycles. The zero-order valence-electron chi connectivity index (χ0n) is 9.96. The quantitative estimate of drug-likeness (QED) is 0.798. The molecule has 0 amide bonds. The van der Waals surface area contributed by atoms with Crippen LogP contribution in [-0.4, -0.2) is 12.0 Å². The number of halogens is 3. The SMILES string of the molecule is O=C(CC1(c2ccccc2)CCCC1)C(F)(F)F. The average Bonchev–Trinajstić information content (AvgIpc) is 2.79. The molecule has 4 heteroatoms. The van der Waals surface area contributed by atoms with Gasteiger partial charge in [-0.05, 0) is 18.4 Å². The third-order valence-electron chi connectivity index (χ3n) is 3.76. The van der Waals surface area contributed by atoms with Crippen molar-refractivity contribution in [2.24, 2.45) is 0 Å². The second kappa shape index (κ2) is 4.75. The van der Waals surface area contributed by atoms with Crippen molar-refractivity contribution in [3.63, 3.8) is 0 Å². The number of ketones is 1. The van der Waals surface area contributed by atoms with Gasteiger partial charge >= 0.3 is 6.18 Å². The van der Waals surface area contributed by atoms with Crippen molar-refractivity contribution in [3.8, 4) is 0 Å². The molecular weight excluding hydrogens is 241 g/mol. The standard InChI is InChI=1S/C14H15F3O/c15-14(16,17)12(18)10-13(8-4-5-9-13)11-6-2-1-3-7-11/h1-3,6-7H,4-5,8-10H2. The number of hydrogen-bond acceptors (Lipinski definition) is 1. The molecule has 18 heavy (non-hydrogen) atoms. The maximum absolute atomic E-state index is 12.4. The molecule has 1 aromatic carbocycles. The Labute approximate surface area is 104 Å². The van der Waals surface area contributed by atoms with E-state index in [9.17, 15) is 18.0 Å². The minimum Gasteiger partial charge on any atom is -0.290 e. The van der Waals surface area contributed by atoms with Crippen LogP contribution in [0.1, 0.15) is 37.7 Å². The van der Waals surface area contributed by atoms with Crippen LogP contribution < -0.4 is 0 Å². The fraction of sp³-hybridized carbons (Fsp3) is 0.500. The number of hydrogen-bond donors (Lipinski definition) is 0. The molecule has 1 saturated carbocycles. The number of Topliss-reactive ketones (excluding diaryl/α,β-unsaturated/α-hetero) is 1. The van der Waals surface area contributed by atoms with Crippen LogP contribution in [0.2, 0.25) is 0 Å². The molecule has 1 aliphatic carbocycles. The summed E-state index contributed by atoms with van der Waals surface area (Å²) in [6.07, 6.45) is -2.03. The van der Waals surface area contributed by atoms with Crippen LogP contribution >= 0.6 is 0 Å². The molecule has 1 aromatic rings. The van der Waals surface area contributed by atoms with Gasteiger partial charge in [0, 0.05) is 11.8 Å². The van der Waals surface area contributed by atoms with E-state index < -0.39 is 23.8 Å². The largest absolute Gasteiger partial charge is 0.450 e. The van der Waals surface area contributed by atoms with Gasteiger partial charge in [0.15, 0.2) is 0 Å². The van der Waals surface area contributed by atoms with Crippen LogP contribution in [0.5, 0.6) is 0 Å². The van der Waals surface area contributed by atoms with Gasteiger partial charge in [-0.2, -0.15) is 13.2 Å². The van der Waals surface area contributed by atoms with Crippen molar-refractivity contribution in [2.75, 3.05) is 0 Å². The van der Waals surface area contributed by atoms with Crippen molar-refractivity contribution in [1.82, 2.24) is 0 Å². The minimum absolute atomic E-state index is 0.416. The van der Waals surface area contributed by atoms with Gasteiger partial charge in [0.1, 0.15) is 0 Å². The number of benzene rings is 1. The summed E-state index contributed by atoms with van der Waals surface area (Å²) in [5, 5.41) is 0. The second-order valence-electron chi connectivity index (χ2n) is 4.95. The van der Waals surface area contributed by atoms with Gasteiger partial charge in [-0.3, -0.25) is 4.79 Å². The van der Waals surface area contributed by atoms with Gasteiger partial charge in [-0.15, -0.1) is 0 Å². The molecule has 0 spiro atoms. The minimum atomic E-state index is -4.72. The molecule has 0 bridgehead atoms. The highest BCUT2D eigenvalue weighted by molar-refractivity contribution is 5.85. The summed E-state index contributed by atoms with van der Waals surface area (Å²) in [6, 6.07) is 9.11. The molecule has 0 unspecified atom stereocenters. The Balaban J connectivity index is 2.26. The summed E-state index contributed by atoms with van der Waals surface area (Å²) in [5.74, 6) is -1.60. The van der Waals surface area contributed by atoms with Gasteiger partial charge in [-0.25, -0.2) is 0 Å². The lowest BCUT2D eigenvalue weighted by atomic mass is 9.75. The van der Waals surface area contributed by atoms with E-state index in [1.54, 1.807) is 0 Å². The van der Waals surface area contributed by atoms with Crippen LogP contribution in [0.4, 0.5) is 13.2 Å². The van der Waals surface area contributed by atoms with E-state index in [1.807, 2.05) is 30.3 Å². The highest BCUT2D eigenvalue weighted by Gasteiger charge is 2.45. The predicted molar refractivity (Wildman–Crippen MR) is 62.3 cm³/mol. The molecule has 1 nitrogen and oxygen atoms in total. The summed E-state index contributed by atoms with van der Waals surface area (Å²) in [5.41, 5.74) is 0.258. The Bertz CT molecular complexity index is 416. The first-order valence-corrected chi connectivity index (χ1v) is 6.10. The van der Waals surface area contributed by atoms with E-state index >= 15 is 0 Å². The van der Waals surface area contributed by atoms with Gasteiger partial charge in [0.2, 0.25) is 5.78 Å². The third-order valence-corrected chi connectivity index (χ3v) is 3.76. The van der Waals surface area contributed by atoms with Crippen LogP contribution in [0.3, 0.4) is 0 Å². The predicted octanol–water partition coefficient (Wildman–Crippen LogP) is 4.02. The molecule has 0 radical (unpaired) electrons. The molecule has 2 rings (SSSR count). The number of alkyl halides is 3. The van der Waals surface area contributed by atoms with E-state index in [4.69, 9.17) is 0 Å². The topological polar surface area (TPSA) is 17.1 Å². The third kappa shape index (κ3) is 2.57. The molecule has 0 N–H and O–H groups in total. The summed E-state index contributed by atoms with van der Waals surface area (Å²) in [6.45, 7) is 0. The van der Waals surface area contributed by atoms with Crippen LogP contribution in [0.25, 0.3) is 0 Å². The molecule has 1 fully saturated rings. The lowest BCUT2D eigenvalue weighted by molar-refractivity contribution is -0.172. The monoisotopic (exact) mass is 256 g/mol. The Morgan fingerprint density at radius 3 is 2.17 bits per heavy atom. The number of carbonyl (C=O) groups is 1. The van der Waals surface area contributed by atoms with E-state index in [0.29, 0.717) is 12.8 Å². The van der Waals surface area contributed by atoms with Crippen LogP contribution in [0.15, 0.2) is 30.3 Å². The molecule has 0 atom stereocenters. The van der Waals surface area contributed by atoms with E-state index in [2.05, 4.69) is 0 Å². The van der Waals surface area contributed by atoms with Crippen LogP contribution in [-0.2, 0) is 10.2 Å². The molecule has 0 aromatic heterocycles. The second-order valence-corrected chi connectivity index (χ2v) is 4.95. The van der Waals surface area contributed by atoms with Gasteiger partial charge in [0.05, 0.1) is 0 Å². The fourth-order valence-electron chi connectivity index (χ4n) is 2.82. The zero-order valence-corrected chi connectivity index (χ0v) is 9.96. The number of rotatable bonds is 3. The maximum Gasteiger partial charge on any atom is 0.450 e. The molecule has 0 heterocycles. The van der Waals surface area contributed by atoms with E-state index in [0.717, 1.165) is 18.4 Å². The first kappa shape index (κ1) is 13.1. The van der Waals surface area contributed by atoms with Crippen molar-refractivity contribution >= 4 is 5.78 Å². The molecular formula is C14H15F3O. The smallest absolute Gasteiger partial charge is 0.290 e. The van der Waals surface area contributed by atoms with Gasteiger partial charge in [-0.1, -0.05) is 43.2 Å². The fourth-order valence-corrected chi connectivity index (χ4v) is 2.82. The molecule has 1 aliphatic rings. The maximum atomic E-state index is 12.4. The molecule has 0 saturated heterocycles. The highest BCUT2D eigenvalue weighted by atomic mass is 19.4. The highest BCUT2D eigenvalue weighted by Crippen LogP contribution is 2.45.